The van der Waals surface area contributed by atoms with Gasteiger partial charge in [0.2, 0.25) is 0 Å². The number of pyridine rings is 1. The third-order valence-electron chi connectivity index (χ3n) is 5.44. The van der Waals surface area contributed by atoms with Crippen LogP contribution in [-0.4, -0.2) is 30.0 Å². The summed E-state index contributed by atoms with van der Waals surface area (Å²) in [4.78, 5) is 16.5. The highest BCUT2D eigenvalue weighted by Crippen LogP contribution is 2.42. The fourth-order valence-corrected chi connectivity index (χ4v) is 5.37. The van der Waals surface area contributed by atoms with Crippen molar-refractivity contribution >= 4 is 36.0 Å². The van der Waals surface area contributed by atoms with Crippen molar-refractivity contribution in [3.05, 3.63) is 42.2 Å². The highest BCUT2D eigenvalue weighted by Gasteiger charge is 2.39. The Morgan fingerprint density at radius 1 is 1.16 bits per heavy atom. The molecule has 0 aliphatic heterocycles. The number of hydrogen-bond acceptors (Lipinski definition) is 3. The molecule has 2 aromatic heterocycles. The van der Waals surface area contributed by atoms with E-state index in [1.54, 1.807) is 6.92 Å². The molecule has 132 valence electrons. The maximum atomic E-state index is 12.1. The first-order valence-electron chi connectivity index (χ1n) is 8.75. The average Bonchev–Trinajstić information content (AvgIpc) is 2.88. The summed E-state index contributed by atoms with van der Waals surface area (Å²) in [5.41, 5.74) is 2.68. The fraction of sp³-hybridized carbons (Fsp3) is 0.400. The molecule has 4 nitrogen and oxygen atoms in total. The molecule has 0 radical (unpaired) electrons. The van der Waals surface area contributed by atoms with E-state index in [4.69, 9.17) is 4.74 Å². The molecular formula is C20H26N2O2Si. The van der Waals surface area contributed by atoms with Crippen molar-refractivity contribution < 1.29 is 9.53 Å². The van der Waals surface area contributed by atoms with Gasteiger partial charge in [-0.15, -0.1) is 0 Å². The second-order valence-electron chi connectivity index (χ2n) is 7.97. The molecule has 25 heavy (non-hydrogen) atoms. The Morgan fingerprint density at radius 3 is 2.48 bits per heavy atom. The predicted octanol–water partition coefficient (Wildman–Crippen LogP) is 5.22. The van der Waals surface area contributed by atoms with Crippen molar-refractivity contribution in [2.45, 2.75) is 45.8 Å². The van der Waals surface area contributed by atoms with Gasteiger partial charge in [0.25, 0.3) is 0 Å². The Morgan fingerprint density at radius 2 is 1.84 bits per heavy atom. The minimum Gasteiger partial charge on any atom is -0.461 e. The predicted molar refractivity (Wildman–Crippen MR) is 106 cm³/mol. The molecule has 0 unspecified atom stereocenters. The maximum absolute atomic E-state index is 12.1. The smallest absolute Gasteiger partial charge is 0.356 e. The molecule has 3 aromatic rings. The SMILES string of the molecule is CCOC(=O)c1cc2c3ccccc3n([Si](C)(C)C(C)(C)C)c2cn1. The summed E-state index contributed by atoms with van der Waals surface area (Å²) in [6.45, 7) is 13.8. The van der Waals surface area contributed by atoms with Gasteiger partial charge in [-0.05, 0) is 24.1 Å². The number of fused-ring (bicyclic) bond motifs is 3. The van der Waals surface area contributed by atoms with Crippen LogP contribution in [-0.2, 0) is 4.74 Å². The molecule has 5 heteroatoms. The second kappa shape index (κ2) is 5.99. The summed E-state index contributed by atoms with van der Waals surface area (Å²) in [5.74, 6) is -0.367. The van der Waals surface area contributed by atoms with Crippen LogP contribution in [0.2, 0.25) is 18.1 Å². The van der Waals surface area contributed by atoms with Crippen LogP contribution < -0.4 is 0 Å². The van der Waals surface area contributed by atoms with Crippen LogP contribution in [0.5, 0.6) is 0 Å². The number of rotatable bonds is 3. The molecule has 3 rings (SSSR count). The van der Waals surface area contributed by atoms with E-state index >= 15 is 0 Å². The first kappa shape index (κ1) is 17.7. The third-order valence-corrected chi connectivity index (χ3v) is 10.7. The Bertz CT molecular complexity index is 951. The van der Waals surface area contributed by atoms with Crippen LogP contribution in [0.25, 0.3) is 21.8 Å². The summed E-state index contributed by atoms with van der Waals surface area (Å²) in [6, 6.07) is 10.3. The highest BCUT2D eigenvalue weighted by molar-refractivity contribution is 6.80. The molecule has 0 fully saturated rings. The molecule has 0 spiro atoms. The lowest BCUT2D eigenvalue weighted by Crippen LogP contribution is -2.45. The number of ether oxygens (including phenoxy) is 1. The molecule has 0 saturated carbocycles. The summed E-state index contributed by atoms with van der Waals surface area (Å²) in [5, 5.41) is 2.41. The van der Waals surface area contributed by atoms with E-state index in [9.17, 15) is 4.79 Å². The van der Waals surface area contributed by atoms with Crippen molar-refractivity contribution in [2.75, 3.05) is 6.61 Å². The van der Waals surface area contributed by atoms with Gasteiger partial charge in [-0.1, -0.05) is 52.1 Å². The van der Waals surface area contributed by atoms with Gasteiger partial charge in [0.1, 0.15) is 5.69 Å². The van der Waals surface area contributed by atoms with Gasteiger partial charge in [-0.25, -0.2) is 9.78 Å². The lowest BCUT2D eigenvalue weighted by atomic mass is 10.1. The number of benzene rings is 1. The number of carbonyl (C=O) groups is 1. The number of esters is 1. The molecule has 1 aromatic carbocycles. The van der Waals surface area contributed by atoms with Crippen molar-refractivity contribution in [2.24, 2.45) is 0 Å². The van der Waals surface area contributed by atoms with E-state index in [0.29, 0.717) is 12.3 Å². The Labute approximate surface area is 149 Å². The second-order valence-corrected chi connectivity index (χ2v) is 13.0. The van der Waals surface area contributed by atoms with Crippen LogP contribution in [0.1, 0.15) is 38.2 Å². The van der Waals surface area contributed by atoms with Crippen molar-refractivity contribution in [1.29, 1.82) is 0 Å². The summed E-state index contributed by atoms with van der Waals surface area (Å²) in [6.07, 6.45) is 1.84. The summed E-state index contributed by atoms with van der Waals surface area (Å²) >= 11 is 0. The van der Waals surface area contributed by atoms with Crippen LogP contribution in [0.3, 0.4) is 0 Å². The lowest BCUT2D eigenvalue weighted by Gasteiger charge is -2.39. The van der Waals surface area contributed by atoms with Gasteiger partial charge in [0.15, 0.2) is 8.24 Å². The van der Waals surface area contributed by atoms with Crippen molar-refractivity contribution in [3.63, 3.8) is 0 Å². The normalized spacial score (nSPS) is 12.7. The van der Waals surface area contributed by atoms with Crippen LogP contribution in [0.4, 0.5) is 0 Å². The van der Waals surface area contributed by atoms with E-state index in [2.05, 4.69) is 61.3 Å². The van der Waals surface area contributed by atoms with Crippen LogP contribution in [0.15, 0.2) is 36.5 Å². The zero-order valence-electron chi connectivity index (χ0n) is 15.9. The van der Waals surface area contributed by atoms with Gasteiger partial charge in [-0.2, -0.15) is 0 Å². The topological polar surface area (TPSA) is 44.1 Å². The third kappa shape index (κ3) is 2.76. The average molecular weight is 355 g/mol. The first-order valence-corrected chi connectivity index (χ1v) is 11.7. The fourth-order valence-electron chi connectivity index (χ4n) is 3.12. The number of para-hydroxylation sites is 1. The van der Waals surface area contributed by atoms with Gasteiger partial charge in [0, 0.05) is 16.3 Å². The first-order chi connectivity index (χ1) is 11.7. The summed E-state index contributed by atoms with van der Waals surface area (Å²) < 4.78 is 7.60. The minimum absolute atomic E-state index is 0.182. The largest absolute Gasteiger partial charge is 0.461 e. The standard InChI is InChI=1S/C20H26N2O2Si/c1-7-24-19(23)16-12-15-14-10-8-9-11-17(14)22(18(15)13-21-16)25(5,6)20(2,3)4/h8-13H,7H2,1-6H3. The molecule has 0 aliphatic rings. The number of aromatic nitrogens is 2. The molecular weight excluding hydrogens is 328 g/mol. The zero-order chi connectivity index (χ0) is 18.4. The van der Waals surface area contributed by atoms with Gasteiger partial charge < -0.3 is 8.97 Å². The van der Waals surface area contributed by atoms with Crippen molar-refractivity contribution in [1.82, 2.24) is 9.22 Å². The quantitative estimate of drug-likeness (QED) is 0.478. The molecule has 0 atom stereocenters. The molecule has 2 heterocycles. The Hall–Kier alpha value is -2.14. The minimum atomic E-state index is -1.86. The highest BCUT2D eigenvalue weighted by atomic mass is 28.3. The number of hydrogen-bond donors (Lipinski definition) is 0. The molecule has 0 aliphatic carbocycles. The van der Waals surface area contributed by atoms with E-state index in [-0.39, 0.29) is 11.0 Å². The molecule has 0 amide bonds. The maximum Gasteiger partial charge on any atom is 0.356 e. The van der Waals surface area contributed by atoms with E-state index in [1.165, 1.54) is 5.52 Å². The van der Waals surface area contributed by atoms with Gasteiger partial charge in [0.05, 0.1) is 18.3 Å². The van der Waals surface area contributed by atoms with Crippen LogP contribution >= 0.6 is 0 Å². The van der Waals surface area contributed by atoms with Gasteiger partial charge >= 0.3 is 5.97 Å². The zero-order valence-corrected chi connectivity index (χ0v) is 16.9. The van der Waals surface area contributed by atoms with E-state index in [1.807, 2.05) is 18.3 Å². The molecule has 0 saturated heterocycles. The number of nitrogens with zero attached hydrogens (tertiary/aromatic N) is 2. The Balaban J connectivity index is 2.36. The van der Waals surface area contributed by atoms with Crippen LogP contribution in [0, 0.1) is 0 Å². The van der Waals surface area contributed by atoms with Crippen molar-refractivity contribution in [3.8, 4) is 0 Å². The molecule has 0 N–H and O–H groups in total. The summed E-state index contributed by atoms with van der Waals surface area (Å²) in [7, 11) is -1.86. The molecule has 0 bridgehead atoms. The Kier molecular flexibility index (Phi) is 4.23. The van der Waals surface area contributed by atoms with E-state index < -0.39 is 8.24 Å². The van der Waals surface area contributed by atoms with E-state index in [0.717, 1.165) is 16.3 Å². The monoisotopic (exact) mass is 354 g/mol. The van der Waals surface area contributed by atoms with Gasteiger partial charge in [-0.3, -0.25) is 0 Å². The number of carbonyl (C=O) groups excluding carboxylic acids is 1. The lowest BCUT2D eigenvalue weighted by molar-refractivity contribution is 0.0520.